The second-order valence-corrected chi connectivity index (χ2v) is 9.07. The number of aromatic nitrogens is 1. The lowest BCUT2D eigenvalue weighted by Gasteiger charge is -2.29. The van der Waals surface area contributed by atoms with Crippen LogP contribution in [0.25, 0.3) is 28.0 Å². The van der Waals surface area contributed by atoms with Crippen LogP contribution in [0.3, 0.4) is 0 Å². The Morgan fingerprint density at radius 2 is 1.19 bits per heavy atom. The molecule has 0 unspecified atom stereocenters. The maximum absolute atomic E-state index is 4.17. The number of nitrogens with zero attached hydrogens (tertiary/aromatic N) is 1. The fraction of sp³-hybridized carbons (Fsp3) is 0.462. The molecule has 1 heterocycles. The smallest absolute Gasteiger partial charge is 0.0575 e. The first-order chi connectivity index (χ1) is 12.7. The van der Waals surface area contributed by atoms with Crippen molar-refractivity contribution in [2.75, 3.05) is 0 Å². The van der Waals surface area contributed by atoms with Crippen LogP contribution >= 0.6 is 0 Å². The van der Waals surface area contributed by atoms with Gasteiger partial charge >= 0.3 is 0 Å². The van der Waals surface area contributed by atoms with Crippen molar-refractivity contribution in [2.24, 2.45) is 0 Å². The molecule has 0 aliphatic carbocycles. The van der Waals surface area contributed by atoms with Crippen LogP contribution in [-0.4, -0.2) is 4.57 Å². The van der Waals surface area contributed by atoms with E-state index in [-0.39, 0.29) is 0 Å². The molecule has 2 aromatic carbocycles. The number of hydrogen-bond donors (Lipinski definition) is 0. The van der Waals surface area contributed by atoms with E-state index in [0.717, 1.165) is 0 Å². The van der Waals surface area contributed by atoms with Gasteiger partial charge in [0.1, 0.15) is 0 Å². The van der Waals surface area contributed by atoms with Crippen LogP contribution in [0.5, 0.6) is 0 Å². The molecule has 0 aliphatic heterocycles. The molecule has 0 atom stereocenters. The molecule has 3 rings (SSSR count). The molecule has 27 heavy (non-hydrogen) atoms. The fourth-order valence-corrected chi connectivity index (χ4v) is 4.97. The highest BCUT2D eigenvalue weighted by atomic mass is 15.0. The van der Waals surface area contributed by atoms with Crippen LogP contribution in [0, 0.1) is 0 Å². The van der Waals surface area contributed by atoms with Crippen molar-refractivity contribution >= 4 is 28.0 Å². The van der Waals surface area contributed by atoms with Gasteiger partial charge in [0, 0.05) is 17.0 Å². The van der Waals surface area contributed by atoms with E-state index in [2.05, 4.69) is 90.8 Å². The van der Waals surface area contributed by atoms with E-state index in [1.165, 1.54) is 32.9 Å². The summed E-state index contributed by atoms with van der Waals surface area (Å²) in [6.07, 6.45) is 2.00. The molecule has 0 fully saturated rings. The molecule has 0 bridgehead atoms. The molecule has 1 heteroatoms. The first-order valence-corrected chi connectivity index (χ1v) is 10.5. The van der Waals surface area contributed by atoms with Crippen molar-refractivity contribution < 1.29 is 0 Å². The SMILES string of the molecule is C=Cn1c2ccccc2c2c(C(C)C)c(C(C)C)c(C(C)C)c(C(C)C)c21. The lowest BCUT2D eigenvalue weighted by atomic mass is 9.76. The standard InChI is InChI=1S/C26H35N/c1-10-27-20-14-12-11-13-19(20)25-23(17(6)7)21(15(2)3)22(16(4)5)24(18(8)9)26(25)27/h10-18H,1H2,2-9H3. The Labute approximate surface area is 165 Å². The van der Waals surface area contributed by atoms with Gasteiger partial charge < -0.3 is 4.57 Å². The van der Waals surface area contributed by atoms with E-state index >= 15 is 0 Å². The average Bonchev–Trinajstić information content (AvgIpc) is 2.92. The second kappa shape index (κ2) is 7.19. The van der Waals surface area contributed by atoms with Crippen LogP contribution in [0.4, 0.5) is 0 Å². The molecule has 0 saturated carbocycles. The van der Waals surface area contributed by atoms with Gasteiger partial charge in [-0.3, -0.25) is 0 Å². The first-order valence-electron chi connectivity index (χ1n) is 10.5. The number of benzene rings is 2. The highest BCUT2D eigenvalue weighted by Gasteiger charge is 2.28. The zero-order valence-corrected chi connectivity index (χ0v) is 18.4. The summed E-state index contributed by atoms with van der Waals surface area (Å²) in [4.78, 5) is 0. The summed E-state index contributed by atoms with van der Waals surface area (Å²) in [5.41, 5.74) is 8.80. The van der Waals surface area contributed by atoms with Gasteiger partial charge in [-0.25, -0.2) is 0 Å². The Kier molecular flexibility index (Phi) is 5.25. The zero-order valence-electron chi connectivity index (χ0n) is 18.4. The predicted molar refractivity (Wildman–Crippen MR) is 122 cm³/mol. The summed E-state index contributed by atoms with van der Waals surface area (Å²) < 4.78 is 2.34. The van der Waals surface area contributed by atoms with E-state index in [0.29, 0.717) is 23.7 Å². The van der Waals surface area contributed by atoms with E-state index in [1.807, 2.05) is 6.20 Å². The van der Waals surface area contributed by atoms with E-state index in [1.54, 1.807) is 11.1 Å². The number of fused-ring (bicyclic) bond motifs is 3. The van der Waals surface area contributed by atoms with Crippen molar-refractivity contribution in [3.8, 4) is 0 Å². The summed E-state index contributed by atoms with van der Waals surface area (Å²) in [6, 6.07) is 8.82. The van der Waals surface area contributed by atoms with Gasteiger partial charge in [-0.15, -0.1) is 0 Å². The molecule has 3 aromatic rings. The Morgan fingerprint density at radius 3 is 1.67 bits per heavy atom. The van der Waals surface area contributed by atoms with Gasteiger partial charge in [-0.2, -0.15) is 0 Å². The van der Waals surface area contributed by atoms with Crippen LogP contribution in [0.1, 0.15) is 101 Å². The second-order valence-electron chi connectivity index (χ2n) is 9.07. The highest BCUT2D eigenvalue weighted by Crippen LogP contribution is 2.47. The molecule has 0 amide bonds. The quantitative estimate of drug-likeness (QED) is 0.430. The van der Waals surface area contributed by atoms with Gasteiger partial charge in [0.25, 0.3) is 0 Å². The minimum atomic E-state index is 0.464. The normalized spacial score (nSPS) is 12.4. The first kappa shape index (κ1) is 19.7. The molecule has 0 radical (unpaired) electrons. The maximum Gasteiger partial charge on any atom is 0.0575 e. The summed E-state index contributed by atoms with van der Waals surface area (Å²) in [5.74, 6) is 1.95. The zero-order chi connectivity index (χ0) is 20.0. The number of rotatable bonds is 5. The Bertz CT molecular complexity index is 996. The minimum absolute atomic E-state index is 0.464. The molecule has 1 aromatic heterocycles. The third kappa shape index (κ3) is 2.92. The van der Waals surface area contributed by atoms with Gasteiger partial charge in [0.15, 0.2) is 0 Å². The van der Waals surface area contributed by atoms with E-state index < -0.39 is 0 Å². The van der Waals surface area contributed by atoms with Gasteiger partial charge in [-0.05, 0) is 52.0 Å². The lowest BCUT2D eigenvalue weighted by molar-refractivity contribution is 0.729. The molecule has 144 valence electrons. The maximum atomic E-state index is 4.17. The third-order valence-electron chi connectivity index (χ3n) is 5.80. The molecule has 0 saturated heterocycles. The molecule has 0 N–H and O–H groups in total. The summed E-state index contributed by atoms with van der Waals surface area (Å²) in [5, 5.41) is 2.80. The lowest BCUT2D eigenvalue weighted by Crippen LogP contribution is -2.12. The van der Waals surface area contributed by atoms with Crippen LogP contribution in [-0.2, 0) is 0 Å². The fourth-order valence-electron chi connectivity index (χ4n) is 4.97. The van der Waals surface area contributed by atoms with Gasteiger partial charge in [0.05, 0.1) is 11.0 Å². The molecular weight excluding hydrogens is 326 g/mol. The van der Waals surface area contributed by atoms with Crippen molar-refractivity contribution in [1.82, 2.24) is 4.57 Å². The Hall–Kier alpha value is -2.02. The van der Waals surface area contributed by atoms with Gasteiger partial charge in [0.2, 0.25) is 0 Å². The van der Waals surface area contributed by atoms with Crippen molar-refractivity contribution in [3.63, 3.8) is 0 Å². The van der Waals surface area contributed by atoms with E-state index in [9.17, 15) is 0 Å². The van der Waals surface area contributed by atoms with Crippen molar-refractivity contribution in [2.45, 2.75) is 79.1 Å². The van der Waals surface area contributed by atoms with Crippen LogP contribution in [0.2, 0.25) is 0 Å². The molecular formula is C26H35N. The topological polar surface area (TPSA) is 4.93 Å². The van der Waals surface area contributed by atoms with Crippen LogP contribution in [0.15, 0.2) is 30.8 Å². The average molecular weight is 362 g/mol. The molecule has 0 spiro atoms. The molecule has 0 aliphatic rings. The molecule has 1 nitrogen and oxygen atoms in total. The largest absolute Gasteiger partial charge is 0.316 e. The number of para-hydroxylation sites is 1. The third-order valence-corrected chi connectivity index (χ3v) is 5.80. The summed E-state index contributed by atoms with van der Waals surface area (Å²) >= 11 is 0. The Balaban J connectivity index is 2.79. The number of hydrogen-bond acceptors (Lipinski definition) is 0. The van der Waals surface area contributed by atoms with Gasteiger partial charge in [-0.1, -0.05) is 80.2 Å². The summed E-state index contributed by atoms with van der Waals surface area (Å²) in [7, 11) is 0. The van der Waals surface area contributed by atoms with Crippen LogP contribution < -0.4 is 0 Å². The minimum Gasteiger partial charge on any atom is -0.316 e. The van der Waals surface area contributed by atoms with Crippen molar-refractivity contribution in [3.05, 3.63) is 53.1 Å². The van der Waals surface area contributed by atoms with Crippen molar-refractivity contribution in [1.29, 1.82) is 0 Å². The monoisotopic (exact) mass is 361 g/mol. The van der Waals surface area contributed by atoms with E-state index in [4.69, 9.17) is 0 Å². The predicted octanol–water partition coefficient (Wildman–Crippen LogP) is 8.39. The highest BCUT2D eigenvalue weighted by molar-refractivity contribution is 6.13. The Morgan fingerprint density at radius 1 is 0.704 bits per heavy atom. The summed E-state index contributed by atoms with van der Waals surface area (Å²) in [6.45, 7) is 23.0.